The summed E-state index contributed by atoms with van der Waals surface area (Å²) in [6, 6.07) is 0.423. The predicted molar refractivity (Wildman–Crippen MR) is 66.4 cm³/mol. The van der Waals surface area contributed by atoms with Crippen molar-refractivity contribution in [3.63, 3.8) is 0 Å². The van der Waals surface area contributed by atoms with Crippen LogP contribution in [0.5, 0.6) is 0 Å². The number of alkyl halides is 1. The van der Waals surface area contributed by atoms with Gasteiger partial charge in [-0.3, -0.25) is 0 Å². The molecule has 0 aromatic carbocycles. The molecule has 5 heteroatoms. The molecule has 0 radical (unpaired) electrons. The van der Waals surface area contributed by atoms with E-state index in [2.05, 4.69) is 12.2 Å². The van der Waals surface area contributed by atoms with E-state index in [1.54, 1.807) is 6.92 Å². The molecule has 1 N–H and O–H groups in total. The molecule has 0 bridgehead atoms. The van der Waals surface area contributed by atoms with Gasteiger partial charge in [-0.15, -0.1) is 11.6 Å². The number of halogens is 1. The van der Waals surface area contributed by atoms with Gasteiger partial charge in [0.2, 0.25) is 0 Å². The Bertz CT molecular complexity index is 242. The highest BCUT2D eigenvalue weighted by molar-refractivity contribution is 7.91. The second kappa shape index (κ2) is 8.36. The first-order valence-electron chi connectivity index (χ1n) is 5.55. The lowest BCUT2D eigenvalue weighted by Crippen LogP contribution is -2.30. The molecule has 15 heavy (non-hydrogen) atoms. The summed E-state index contributed by atoms with van der Waals surface area (Å²) >= 11 is 5.65. The van der Waals surface area contributed by atoms with E-state index < -0.39 is 9.84 Å². The molecular formula is C10H22ClNO2S. The minimum absolute atomic E-state index is 0.242. The first-order valence-corrected chi connectivity index (χ1v) is 7.91. The molecule has 0 aromatic rings. The standard InChI is InChI=1S/C10H22ClNO2S/c1-3-10(6-7-11)12-8-5-9-15(13,14)4-2/h10,12H,3-9H2,1-2H3. The molecule has 0 aliphatic heterocycles. The lowest BCUT2D eigenvalue weighted by Gasteiger charge is -2.15. The molecule has 92 valence electrons. The summed E-state index contributed by atoms with van der Waals surface area (Å²) in [4.78, 5) is 0. The highest BCUT2D eigenvalue weighted by Crippen LogP contribution is 2.00. The summed E-state index contributed by atoms with van der Waals surface area (Å²) in [6.07, 6.45) is 2.67. The van der Waals surface area contributed by atoms with E-state index in [9.17, 15) is 8.42 Å². The van der Waals surface area contributed by atoms with Crippen molar-refractivity contribution in [1.29, 1.82) is 0 Å². The van der Waals surface area contributed by atoms with E-state index in [1.807, 2.05) is 0 Å². The van der Waals surface area contributed by atoms with Crippen molar-refractivity contribution in [3.8, 4) is 0 Å². The average Bonchev–Trinajstić information content (AvgIpc) is 2.22. The van der Waals surface area contributed by atoms with Gasteiger partial charge in [0.15, 0.2) is 0 Å². The molecule has 1 unspecified atom stereocenters. The first kappa shape index (κ1) is 15.2. The van der Waals surface area contributed by atoms with Gasteiger partial charge < -0.3 is 5.32 Å². The molecule has 0 rings (SSSR count). The maximum absolute atomic E-state index is 11.2. The van der Waals surface area contributed by atoms with Gasteiger partial charge in [-0.1, -0.05) is 13.8 Å². The molecule has 3 nitrogen and oxygen atoms in total. The van der Waals surface area contributed by atoms with Crippen molar-refractivity contribution < 1.29 is 8.42 Å². The maximum atomic E-state index is 11.2. The molecule has 1 atom stereocenters. The fourth-order valence-electron chi connectivity index (χ4n) is 1.32. The Morgan fingerprint density at radius 3 is 2.47 bits per heavy atom. The number of rotatable bonds is 9. The Balaban J connectivity index is 3.61. The molecule has 0 amide bonds. The second-order valence-corrected chi connectivity index (χ2v) is 6.48. The van der Waals surface area contributed by atoms with Gasteiger partial charge in [-0.2, -0.15) is 0 Å². The Kier molecular flexibility index (Phi) is 8.47. The van der Waals surface area contributed by atoms with Crippen LogP contribution in [0.1, 0.15) is 33.1 Å². The lowest BCUT2D eigenvalue weighted by atomic mass is 10.2. The topological polar surface area (TPSA) is 46.2 Å². The predicted octanol–water partition coefficient (Wildman–Crippen LogP) is 1.81. The van der Waals surface area contributed by atoms with E-state index in [-0.39, 0.29) is 11.5 Å². The summed E-state index contributed by atoms with van der Waals surface area (Å²) in [5, 5.41) is 3.32. The minimum Gasteiger partial charge on any atom is -0.314 e. The second-order valence-electron chi connectivity index (χ2n) is 3.63. The third kappa shape index (κ3) is 8.05. The zero-order chi connectivity index (χ0) is 11.7. The van der Waals surface area contributed by atoms with E-state index in [0.717, 1.165) is 19.4 Å². The van der Waals surface area contributed by atoms with Crippen LogP contribution in [-0.4, -0.2) is 38.4 Å². The first-order chi connectivity index (χ1) is 7.05. The van der Waals surface area contributed by atoms with E-state index in [1.165, 1.54) is 0 Å². The Morgan fingerprint density at radius 2 is 2.00 bits per heavy atom. The Hall–Kier alpha value is 0.200. The van der Waals surface area contributed by atoms with Crippen molar-refractivity contribution in [3.05, 3.63) is 0 Å². The van der Waals surface area contributed by atoms with Gasteiger partial charge in [0.25, 0.3) is 0 Å². The summed E-state index contributed by atoms with van der Waals surface area (Å²) in [7, 11) is -2.80. The van der Waals surface area contributed by atoms with Crippen LogP contribution in [-0.2, 0) is 9.84 Å². The van der Waals surface area contributed by atoms with Gasteiger partial charge in [0.05, 0.1) is 5.75 Å². The summed E-state index contributed by atoms with van der Waals surface area (Å²) in [5.74, 6) is 1.18. The molecule has 0 aliphatic carbocycles. The smallest absolute Gasteiger partial charge is 0.150 e. The van der Waals surface area contributed by atoms with Gasteiger partial charge in [0, 0.05) is 17.7 Å². The summed E-state index contributed by atoms with van der Waals surface area (Å²) in [6.45, 7) is 4.55. The number of hydrogen-bond donors (Lipinski definition) is 1. The zero-order valence-electron chi connectivity index (χ0n) is 9.63. The van der Waals surface area contributed by atoms with Gasteiger partial charge in [-0.05, 0) is 25.8 Å². The Labute approximate surface area is 98.5 Å². The maximum Gasteiger partial charge on any atom is 0.150 e. The van der Waals surface area contributed by atoms with Crippen molar-refractivity contribution in [2.45, 2.75) is 39.2 Å². The number of nitrogens with one attached hydrogen (secondary N) is 1. The zero-order valence-corrected chi connectivity index (χ0v) is 11.2. The van der Waals surface area contributed by atoms with E-state index >= 15 is 0 Å². The van der Waals surface area contributed by atoms with Crippen LogP contribution in [0.3, 0.4) is 0 Å². The van der Waals surface area contributed by atoms with E-state index in [0.29, 0.717) is 18.3 Å². The fourth-order valence-corrected chi connectivity index (χ4v) is 2.46. The van der Waals surface area contributed by atoms with Crippen LogP contribution < -0.4 is 5.32 Å². The molecule has 0 saturated carbocycles. The molecule has 0 spiro atoms. The van der Waals surface area contributed by atoms with Gasteiger partial charge >= 0.3 is 0 Å². The lowest BCUT2D eigenvalue weighted by molar-refractivity contribution is 0.486. The Morgan fingerprint density at radius 1 is 1.33 bits per heavy atom. The molecule has 0 aromatic heterocycles. The normalized spacial score (nSPS) is 14.1. The van der Waals surface area contributed by atoms with Crippen molar-refractivity contribution in [1.82, 2.24) is 5.32 Å². The number of hydrogen-bond acceptors (Lipinski definition) is 3. The SMILES string of the molecule is CCC(CCCl)NCCCS(=O)(=O)CC. The third-order valence-electron chi connectivity index (χ3n) is 2.46. The van der Waals surface area contributed by atoms with Gasteiger partial charge in [-0.25, -0.2) is 8.42 Å². The highest BCUT2D eigenvalue weighted by Gasteiger charge is 2.08. The number of sulfone groups is 1. The minimum atomic E-state index is -2.80. The quantitative estimate of drug-likeness (QED) is 0.505. The van der Waals surface area contributed by atoms with Crippen molar-refractivity contribution >= 4 is 21.4 Å². The average molecular weight is 256 g/mol. The van der Waals surface area contributed by atoms with Crippen LogP contribution in [0.15, 0.2) is 0 Å². The highest BCUT2D eigenvalue weighted by atomic mass is 35.5. The van der Waals surface area contributed by atoms with Crippen LogP contribution in [0.25, 0.3) is 0 Å². The van der Waals surface area contributed by atoms with E-state index in [4.69, 9.17) is 11.6 Å². The fraction of sp³-hybridized carbons (Fsp3) is 1.00. The monoisotopic (exact) mass is 255 g/mol. The third-order valence-corrected chi connectivity index (χ3v) is 4.46. The molecule has 0 aliphatic rings. The summed E-state index contributed by atoms with van der Waals surface area (Å²) in [5.41, 5.74) is 0. The van der Waals surface area contributed by atoms with Crippen LogP contribution in [0.4, 0.5) is 0 Å². The van der Waals surface area contributed by atoms with Crippen molar-refractivity contribution in [2.75, 3.05) is 23.9 Å². The van der Waals surface area contributed by atoms with Gasteiger partial charge in [0.1, 0.15) is 9.84 Å². The van der Waals surface area contributed by atoms with Crippen LogP contribution >= 0.6 is 11.6 Å². The molecule has 0 heterocycles. The molecule has 0 fully saturated rings. The van der Waals surface area contributed by atoms with Crippen LogP contribution in [0.2, 0.25) is 0 Å². The molecular weight excluding hydrogens is 234 g/mol. The largest absolute Gasteiger partial charge is 0.314 e. The summed E-state index contributed by atoms with van der Waals surface area (Å²) < 4.78 is 22.4. The van der Waals surface area contributed by atoms with Crippen LogP contribution in [0, 0.1) is 0 Å². The molecule has 0 saturated heterocycles. The van der Waals surface area contributed by atoms with Crippen molar-refractivity contribution in [2.24, 2.45) is 0 Å².